The van der Waals surface area contributed by atoms with E-state index in [9.17, 15) is 9.59 Å². The number of anilines is 1. The Hall–Kier alpha value is -1.88. The number of aliphatic imine (C=N–C) groups is 1. The van der Waals surface area contributed by atoms with E-state index in [1.807, 2.05) is 25.1 Å². The quantitative estimate of drug-likeness (QED) is 0.551. The van der Waals surface area contributed by atoms with Crippen molar-refractivity contribution in [3.63, 3.8) is 0 Å². The molecule has 1 saturated heterocycles. The number of thioether (sulfide) groups is 1. The zero-order valence-corrected chi connectivity index (χ0v) is 19.4. The van der Waals surface area contributed by atoms with Crippen molar-refractivity contribution in [3.05, 3.63) is 39.5 Å². The Bertz CT molecular complexity index is 883. The van der Waals surface area contributed by atoms with Crippen LogP contribution in [0.5, 0.6) is 0 Å². The molecule has 1 fully saturated rings. The molecule has 1 unspecified atom stereocenters. The summed E-state index contributed by atoms with van der Waals surface area (Å²) in [5, 5.41) is 5.53. The van der Waals surface area contributed by atoms with Gasteiger partial charge in [-0.1, -0.05) is 17.8 Å². The number of halogens is 1. The third-order valence-corrected chi connectivity index (χ3v) is 6.85. The summed E-state index contributed by atoms with van der Waals surface area (Å²) in [6.07, 6.45) is 0. The van der Waals surface area contributed by atoms with E-state index in [0.717, 1.165) is 29.7 Å². The SMILES string of the molecule is CN=C1SC(C(=O)Nc2ccc(C)cc2Br)C(N)=C1C(=O)NCCN1CCOCC1. The van der Waals surface area contributed by atoms with Crippen LogP contribution in [0.3, 0.4) is 0 Å². The molecule has 2 aliphatic rings. The van der Waals surface area contributed by atoms with Crippen molar-refractivity contribution in [2.24, 2.45) is 10.7 Å². The zero-order valence-electron chi connectivity index (χ0n) is 17.0. The highest BCUT2D eigenvalue weighted by molar-refractivity contribution is 9.10. The number of aryl methyl sites for hydroxylation is 1. The molecule has 0 bridgehead atoms. The van der Waals surface area contributed by atoms with Crippen molar-refractivity contribution in [1.82, 2.24) is 10.2 Å². The second-order valence-corrected chi connectivity index (χ2v) is 8.99. The van der Waals surface area contributed by atoms with Crippen LogP contribution in [-0.4, -0.2) is 73.4 Å². The highest BCUT2D eigenvalue weighted by Crippen LogP contribution is 2.34. The summed E-state index contributed by atoms with van der Waals surface area (Å²) < 4.78 is 6.11. The summed E-state index contributed by atoms with van der Waals surface area (Å²) in [5.41, 5.74) is 8.48. The van der Waals surface area contributed by atoms with Crippen LogP contribution < -0.4 is 16.4 Å². The highest BCUT2D eigenvalue weighted by Gasteiger charge is 2.38. The summed E-state index contributed by atoms with van der Waals surface area (Å²) in [7, 11) is 1.59. The monoisotopic (exact) mass is 495 g/mol. The fourth-order valence-corrected chi connectivity index (χ4v) is 4.90. The smallest absolute Gasteiger partial charge is 0.255 e. The largest absolute Gasteiger partial charge is 0.400 e. The van der Waals surface area contributed by atoms with Gasteiger partial charge in [0.1, 0.15) is 10.3 Å². The van der Waals surface area contributed by atoms with Crippen LogP contribution in [0.1, 0.15) is 5.56 Å². The van der Waals surface area contributed by atoms with Gasteiger partial charge in [0.25, 0.3) is 5.91 Å². The number of amides is 2. The van der Waals surface area contributed by atoms with E-state index >= 15 is 0 Å². The number of nitrogens with one attached hydrogen (secondary N) is 2. The van der Waals surface area contributed by atoms with Gasteiger partial charge in [-0.2, -0.15) is 0 Å². The predicted octanol–water partition coefficient (Wildman–Crippen LogP) is 1.50. The molecular formula is C20H26BrN5O3S. The number of nitrogens with zero attached hydrogens (tertiary/aromatic N) is 2. The molecule has 2 amide bonds. The average Bonchev–Trinajstić information content (AvgIpc) is 3.07. The third-order valence-electron chi connectivity index (χ3n) is 4.88. The molecule has 1 aromatic carbocycles. The average molecular weight is 496 g/mol. The van der Waals surface area contributed by atoms with Gasteiger partial charge in [-0.25, -0.2) is 0 Å². The maximum Gasteiger partial charge on any atom is 0.255 e. The van der Waals surface area contributed by atoms with Gasteiger partial charge in [-0.15, -0.1) is 0 Å². The summed E-state index contributed by atoms with van der Waals surface area (Å²) in [5.74, 6) is -0.597. The first-order valence-electron chi connectivity index (χ1n) is 9.69. The molecule has 0 aromatic heterocycles. The summed E-state index contributed by atoms with van der Waals surface area (Å²) in [6, 6.07) is 5.65. The van der Waals surface area contributed by atoms with E-state index in [-0.39, 0.29) is 23.1 Å². The Labute approximate surface area is 188 Å². The number of morpholine rings is 1. The fourth-order valence-electron chi connectivity index (χ4n) is 3.24. The number of rotatable bonds is 6. The third kappa shape index (κ3) is 5.42. The number of carbonyl (C=O) groups excluding carboxylic acids is 2. The van der Waals surface area contributed by atoms with Crippen molar-refractivity contribution >= 4 is 50.2 Å². The molecule has 4 N–H and O–H groups in total. The minimum Gasteiger partial charge on any atom is -0.400 e. The van der Waals surface area contributed by atoms with Gasteiger partial charge in [0.15, 0.2) is 0 Å². The van der Waals surface area contributed by atoms with Crippen LogP contribution >= 0.6 is 27.7 Å². The minimum atomic E-state index is -0.711. The molecule has 30 heavy (non-hydrogen) atoms. The van der Waals surface area contributed by atoms with Crippen LogP contribution in [0, 0.1) is 6.92 Å². The lowest BCUT2D eigenvalue weighted by Gasteiger charge is -2.26. The molecule has 2 aliphatic heterocycles. The van der Waals surface area contributed by atoms with Crippen molar-refractivity contribution in [1.29, 1.82) is 0 Å². The predicted molar refractivity (Wildman–Crippen MR) is 124 cm³/mol. The minimum absolute atomic E-state index is 0.227. The topological polar surface area (TPSA) is 109 Å². The van der Waals surface area contributed by atoms with Gasteiger partial charge in [0.05, 0.1) is 24.5 Å². The van der Waals surface area contributed by atoms with Gasteiger partial charge in [0.2, 0.25) is 5.91 Å². The van der Waals surface area contributed by atoms with Crippen LogP contribution in [0.4, 0.5) is 5.69 Å². The lowest BCUT2D eigenvalue weighted by atomic mass is 10.1. The molecule has 2 heterocycles. The van der Waals surface area contributed by atoms with Gasteiger partial charge < -0.3 is 21.1 Å². The summed E-state index contributed by atoms with van der Waals surface area (Å²) in [6.45, 7) is 6.33. The molecule has 0 aliphatic carbocycles. The molecule has 0 radical (unpaired) electrons. The Morgan fingerprint density at radius 2 is 2.10 bits per heavy atom. The van der Waals surface area contributed by atoms with Gasteiger partial charge >= 0.3 is 0 Å². The molecule has 0 spiro atoms. The zero-order chi connectivity index (χ0) is 21.7. The van der Waals surface area contributed by atoms with Crippen molar-refractivity contribution in [3.8, 4) is 0 Å². The van der Waals surface area contributed by atoms with Gasteiger partial charge in [0, 0.05) is 43.4 Å². The molecule has 1 aromatic rings. The van der Waals surface area contributed by atoms with Crippen LogP contribution in [-0.2, 0) is 14.3 Å². The van der Waals surface area contributed by atoms with E-state index in [0.29, 0.717) is 30.5 Å². The number of nitrogens with two attached hydrogens (primary N) is 1. The Morgan fingerprint density at radius 1 is 1.37 bits per heavy atom. The van der Waals surface area contributed by atoms with Crippen molar-refractivity contribution in [2.75, 3.05) is 51.8 Å². The normalized spacial score (nSPS) is 21.2. The maximum atomic E-state index is 12.8. The first-order valence-corrected chi connectivity index (χ1v) is 11.4. The number of ether oxygens (including phenoxy) is 1. The first-order chi connectivity index (χ1) is 14.4. The van der Waals surface area contributed by atoms with Gasteiger partial charge in [-0.05, 0) is 40.5 Å². The van der Waals surface area contributed by atoms with E-state index in [4.69, 9.17) is 10.5 Å². The lowest BCUT2D eigenvalue weighted by molar-refractivity contribution is -0.117. The number of carbonyl (C=O) groups is 2. The summed E-state index contributed by atoms with van der Waals surface area (Å²) in [4.78, 5) is 32.0. The Balaban J connectivity index is 1.65. The lowest BCUT2D eigenvalue weighted by Crippen LogP contribution is -2.42. The van der Waals surface area contributed by atoms with Crippen LogP contribution in [0.2, 0.25) is 0 Å². The van der Waals surface area contributed by atoms with Gasteiger partial charge in [-0.3, -0.25) is 19.5 Å². The molecular weight excluding hydrogens is 470 g/mol. The van der Waals surface area contributed by atoms with E-state index < -0.39 is 5.25 Å². The maximum absolute atomic E-state index is 12.8. The molecule has 162 valence electrons. The molecule has 3 rings (SSSR count). The highest BCUT2D eigenvalue weighted by atomic mass is 79.9. The van der Waals surface area contributed by atoms with Crippen molar-refractivity contribution < 1.29 is 14.3 Å². The van der Waals surface area contributed by atoms with Crippen LogP contribution in [0.15, 0.2) is 38.9 Å². The first kappa shape index (κ1) is 22.8. The molecule has 1 atom stereocenters. The summed E-state index contributed by atoms with van der Waals surface area (Å²) >= 11 is 4.65. The second-order valence-electron chi connectivity index (χ2n) is 7.04. The molecule has 10 heteroatoms. The fraction of sp³-hybridized carbons (Fsp3) is 0.450. The van der Waals surface area contributed by atoms with E-state index in [1.54, 1.807) is 7.05 Å². The number of benzene rings is 1. The Kier molecular flexibility index (Phi) is 7.93. The Morgan fingerprint density at radius 3 is 2.77 bits per heavy atom. The molecule has 8 nitrogen and oxygen atoms in total. The molecule has 0 saturated carbocycles. The van der Waals surface area contributed by atoms with Crippen molar-refractivity contribution in [2.45, 2.75) is 12.2 Å². The van der Waals surface area contributed by atoms with E-state index in [2.05, 4.69) is 36.5 Å². The number of hydrogen-bond acceptors (Lipinski definition) is 7. The standard InChI is InChI=1S/C20H26BrN5O3S/c1-12-3-4-14(13(21)11-12)25-19(28)17-16(22)15(20(23-2)30-17)18(27)24-5-6-26-7-9-29-10-8-26/h3-4,11,17H,5-10,22H2,1-2H3,(H,24,27)(H,25,28). The van der Waals surface area contributed by atoms with E-state index in [1.165, 1.54) is 11.8 Å². The number of hydrogen-bond donors (Lipinski definition) is 3. The second kappa shape index (κ2) is 10.4. The van der Waals surface area contributed by atoms with Crippen LogP contribution in [0.25, 0.3) is 0 Å².